The highest BCUT2D eigenvalue weighted by Crippen LogP contribution is 2.42. The smallest absolute Gasteiger partial charge is 0.257 e. The molecule has 2 amide bonds. The number of aliphatic hydroxyl groups is 1. The molecular weight excluding hydrogens is 322 g/mol. The van der Waals surface area contributed by atoms with Crippen LogP contribution in [0.2, 0.25) is 0 Å². The molecule has 2 atom stereocenters. The molecule has 0 unspecified atom stereocenters. The first-order valence-corrected chi connectivity index (χ1v) is 8.32. The van der Waals surface area contributed by atoms with Crippen LogP contribution in [0.25, 0.3) is 0 Å². The van der Waals surface area contributed by atoms with Crippen molar-refractivity contribution in [2.75, 3.05) is 25.0 Å². The zero-order valence-electron chi connectivity index (χ0n) is 14.6. The lowest BCUT2D eigenvalue weighted by Gasteiger charge is -2.26. The minimum absolute atomic E-state index is 0.139. The highest BCUT2D eigenvalue weighted by molar-refractivity contribution is 6.26. The number of hydrogen-bond acceptors (Lipinski definition) is 5. The lowest BCUT2D eigenvalue weighted by molar-refractivity contribution is -0.135. The molecule has 1 fully saturated rings. The van der Waals surface area contributed by atoms with E-state index in [4.69, 9.17) is 0 Å². The van der Waals surface area contributed by atoms with Crippen molar-refractivity contribution in [2.45, 2.75) is 31.8 Å². The molecule has 0 saturated carbocycles. The van der Waals surface area contributed by atoms with Gasteiger partial charge in [0.1, 0.15) is 0 Å². The number of likely N-dealkylation sites (tertiary alicyclic amines) is 1. The van der Waals surface area contributed by atoms with E-state index in [2.05, 4.69) is 10.6 Å². The van der Waals surface area contributed by atoms with Gasteiger partial charge in [-0.05, 0) is 32.9 Å². The topological polar surface area (TPSA) is 98.7 Å². The molecule has 25 heavy (non-hydrogen) atoms. The van der Waals surface area contributed by atoms with Crippen LogP contribution in [0.1, 0.15) is 31.1 Å². The number of nitrogens with one attached hydrogen (secondary N) is 2. The van der Waals surface area contributed by atoms with Gasteiger partial charge >= 0.3 is 0 Å². The third kappa shape index (κ3) is 2.78. The van der Waals surface area contributed by atoms with Crippen molar-refractivity contribution in [1.29, 1.82) is 0 Å². The summed E-state index contributed by atoms with van der Waals surface area (Å²) in [6.07, 6.45) is 0. The molecule has 0 aromatic heterocycles. The summed E-state index contributed by atoms with van der Waals surface area (Å²) >= 11 is 0. The molecule has 1 spiro atoms. The van der Waals surface area contributed by atoms with Crippen LogP contribution in [-0.4, -0.2) is 58.4 Å². The summed E-state index contributed by atoms with van der Waals surface area (Å²) in [4.78, 5) is 39.5. The van der Waals surface area contributed by atoms with Gasteiger partial charge in [-0.1, -0.05) is 12.1 Å². The minimum atomic E-state index is -1.51. The van der Waals surface area contributed by atoms with Crippen LogP contribution >= 0.6 is 0 Å². The lowest BCUT2D eigenvalue weighted by atomic mass is 9.83. The number of anilines is 1. The van der Waals surface area contributed by atoms with Gasteiger partial charge in [0.2, 0.25) is 5.91 Å². The molecule has 7 nitrogen and oxygen atoms in total. The summed E-state index contributed by atoms with van der Waals surface area (Å²) in [6, 6.07) is 6.91. The Labute approximate surface area is 146 Å². The Morgan fingerprint density at radius 3 is 2.64 bits per heavy atom. The van der Waals surface area contributed by atoms with Gasteiger partial charge in [0.15, 0.2) is 11.3 Å². The largest absolute Gasteiger partial charge is 0.396 e. The number of fused-ring (bicyclic) bond motifs is 1. The molecule has 1 aromatic carbocycles. The zero-order chi connectivity index (χ0) is 18.4. The van der Waals surface area contributed by atoms with Gasteiger partial charge < -0.3 is 20.6 Å². The number of hydrogen-bond donors (Lipinski definition) is 3. The fraction of sp³-hybridized carbons (Fsp3) is 0.500. The fourth-order valence-electron chi connectivity index (χ4n) is 3.58. The van der Waals surface area contributed by atoms with E-state index in [1.165, 1.54) is 4.90 Å². The number of amides is 2. The molecule has 1 saturated heterocycles. The number of Topliss-reactive ketones (excluding diaryl/α,β-unsaturated/α-hetero) is 1. The summed E-state index contributed by atoms with van der Waals surface area (Å²) in [6.45, 7) is 5.25. The highest BCUT2D eigenvalue weighted by atomic mass is 16.3. The van der Waals surface area contributed by atoms with Crippen LogP contribution < -0.4 is 10.6 Å². The molecule has 3 rings (SSSR count). The second kappa shape index (κ2) is 5.84. The van der Waals surface area contributed by atoms with E-state index in [0.29, 0.717) is 11.3 Å². The minimum Gasteiger partial charge on any atom is -0.396 e. The maximum Gasteiger partial charge on any atom is 0.257 e. The molecule has 0 radical (unpaired) electrons. The van der Waals surface area contributed by atoms with Crippen molar-refractivity contribution in [3.05, 3.63) is 29.8 Å². The first-order chi connectivity index (χ1) is 11.7. The number of aliphatic hydroxyl groups excluding tert-OH is 1. The van der Waals surface area contributed by atoms with E-state index < -0.39 is 22.9 Å². The van der Waals surface area contributed by atoms with E-state index in [9.17, 15) is 19.5 Å². The quantitative estimate of drug-likeness (QED) is 0.689. The van der Waals surface area contributed by atoms with Crippen LogP contribution in [0, 0.1) is 5.92 Å². The van der Waals surface area contributed by atoms with Gasteiger partial charge in [-0.15, -0.1) is 0 Å². The van der Waals surface area contributed by atoms with Gasteiger partial charge in [-0.2, -0.15) is 0 Å². The number of carbonyl (C=O) groups is 3. The molecular formula is C18H23N3O4. The molecule has 2 aliphatic rings. The Morgan fingerprint density at radius 1 is 1.36 bits per heavy atom. The van der Waals surface area contributed by atoms with Crippen molar-refractivity contribution in [1.82, 2.24) is 10.2 Å². The van der Waals surface area contributed by atoms with Crippen LogP contribution in [-0.2, 0) is 9.59 Å². The van der Waals surface area contributed by atoms with E-state index in [1.54, 1.807) is 24.3 Å². The normalized spacial score (nSPS) is 25.3. The van der Waals surface area contributed by atoms with Crippen LogP contribution in [0.15, 0.2) is 24.3 Å². The van der Waals surface area contributed by atoms with Crippen LogP contribution in [0.3, 0.4) is 0 Å². The number of ketones is 1. The number of para-hydroxylation sites is 1. The van der Waals surface area contributed by atoms with Crippen molar-refractivity contribution < 1.29 is 19.5 Å². The maximum absolute atomic E-state index is 13.0. The van der Waals surface area contributed by atoms with Crippen molar-refractivity contribution in [3.63, 3.8) is 0 Å². The SMILES string of the molecule is CC(C)(C)NC(=O)CN1C[C@H](CO)[C@]2(Nc3ccccc3C2=O)C1=O. The number of rotatable bonds is 3. The Kier molecular flexibility index (Phi) is 4.07. The number of benzene rings is 1. The third-order valence-corrected chi connectivity index (χ3v) is 4.61. The Hall–Kier alpha value is -2.41. The van der Waals surface area contributed by atoms with Crippen LogP contribution in [0.5, 0.6) is 0 Å². The number of nitrogens with zero attached hydrogens (tertiary/aromatic N) is 1. The molecule has 0 aliphatic carbocycles. The standard InChI is InChI=1S/C18H23N3O4/c1-17(2,3)20-14(23)9-21-8-11(10-22)18(16(21)25)15(24)12-6-4-5-7-13(12)19-18/h4-7,11,19,22H,8-10H2,1-3H3,(H,20,23)/t11-,18-/m1/s1. The average molecular weight is 345 g/mol. The van der Waals surface area contributed by atoms with Gasteiger partial charge in [-0.25, -0.2) is 0 Å². The summed E-state index contributed by atoms with van der Waals surface area (Å²) in [5.41, 5.74) is -0.901. The van der Waals surface area contributed by atoms with Gasteiger partial charge in [0.25, 0.3) is 5.91 Å². The summed E-state index contributed by atoms with van der Waals surface area (Å²) in [5.74, 6) is -1.71. The third-order valence-electron chi connectivity index (χ3n) is 4.61. The molecule has 134 valence electrons. The van der Waals surface area contributed by atoms with Crippen LogP contribution in [0.4, 0.5) is 5.69 Å². The fourth-order valence-corrected chi connectivity index (χ4v) is 3.58. The second-order valence-electron chi connectivity index (χ2n) is 7.67. The molecule has 2 aliphatic heterocycles. The molecule has 0 bridgehead atoms. The Morgan fingerprint density at radius 2 is 2.04 bits per heavy atom. The monoisotopic (exact) mass is 345 g/mol. The van der Waals surface area contributed by atoms with Crippen molar-refractivity contribution in [2.24, 2.45) is 5.92 Å². The van der Waals surface area contributed by atoms with Gasteiger partial charge in [0, 0.05) is 29.3 Å². The van der Waals surface area contributed by atoms with E-state index in [1.807, 2.05) is 20.8 Å². The summed E-state index contributed by atoms with van der Waals surface area (Å²) in [5, 5.41) is 15.6. The maximum atomic E-state index is 13.0. The Bertz CT molecular complexity index is 740. The molecule has 2 heterocycles. The Balaban J connectivity index is 1.86. The van der Waals surface area contributed by atoms with Crippen molar-refractivity contribution in [3.8, 4) is 0 Å². The van der Waals surface area contributed by atoms with Gasteiger partial charge in [0.05, 0.1) is 13.2 Å². The van der Waals surface area contributed by atoms with Crippen molar-refractivity contribution >= 4 is 23.3 Å². The van der Waals surface area contributed by atoms with E-state index in [-0.39, 0.29) is 31.4 Å². The highest BCUT2D eigenvalue weighted by Gasteiger charge is 2.62. The summed E-state index contributed by atoms with van der Waals surface area (Å²) < 4.78 is 0. The second-order valence-corrected chi connectivity index (χ2v) is 7.67. The average Bonchev–Trinajstić information content (AvgIpc) is 2.96. The van der Waals surface area contributed by atoms with E-state index >= 15 is 0 Å². The number of carbonyl (C=O) groups excluding carboxylic acids is 3. The predicted octanol–water partition coefficient (Wildman–Crippen LogP) is 0.399. The molecule has 3 N–H and O–H groups in total. The first-order valence-electron chi connectivity index (χ1n) is 8.32. The lowest BCUT2D eigenvalue weighted by Crippen LogP contribution is -2.55. The summed E-state index contributed by atoms with van der Waals surface area (Å²) in [7, 11) is 0. The molecule has 7 heteroatoms. The zero-order valence-corrected chi connectivity index (χ0v) is 14.6. The van der Waals surface area contributed by atoms with E-state index in [0.717, 1.165) is 0 Å². The first kappa shape index (κ1) is 17.4. The molecule has 1 aromatic rings. The predicted molar refractivity (Wildman–Crippen MR) is 92.2 cm³/mol. The van der Waals surface area contributed by atoms with Gasteiger partial charge in [-0.3, -0.25) is 14.4 Å².